The minimum Gasteiger partial charge on any atom is -0.488 e. The first kappa shape index (κ1) is 26.2. The largest absolute Gasteiger partial charge is 0.488 e. The van der Waals surface area contributed by atoms with E-state index in [9.17, 15) is 8.78 Å². The highest BCUT2D eigenvalue weighted by Gasteiger charge is 2.23. The highest BCUT2D eigenvalue weighted by atomic mass is 19.1. The van der Waals surface area contributed by atoms with Gasteiger partial charge in [0.2, 0.25) is 5.95 Å². The molecule has 206 valence electrons. The summed E-state index contributed by atoms with van der Waals surface area (Å²) in [5.74, 6) is 0.583. The molecule has 3 aromatic carbocycles. The van der Waals surface area contributed by atoms with Gasteiger partial charge in [0, 0.05) is 42.9 Å². The van der Waals surface area contributed by atoms with E-state index in [1.807, 2.05) is 30.3 Å². The van der Waals surface area contributed by atoms with Gasteiger partial charge in [-0.2, -0.15) is 0 Å². The SMILES string of the molecule is CC(N)=Nc1nc2cc(/C=C3/c4ccc(F)cc4OCc4c(F)cccc43)ccc2n1[C@H](C)CN1CCOCC1. The molecule has 1 aromatic heterocycles. The number of fused-ring (bicyclic) bond motifs is 3. The van der Waals surface area contributed by atoms with Crippen LogP contribution in [0.2, 0.25) is 0 Å². The van der Waals surface area contributed by atoms with Gasteiger partial charge < -0.3 is 19.8 Å². The predicted molar refractivity (Wildman–Crippen MR) is 153 cm³/mol. The zero-order valence-electron chi connectivity index (χ0n) is 22.5. The third-order valence-corrected chi connectivity index (χ3v) is 7.36. The summed E-state index contributed by atoms with van der Waals surface area (Å²) in [6, 6.07) is 15.5. The second-order valence-corrected chi connectivity index (χ2v) is 10.3. The Morgan fingerprint density at radius 2 is 1.93 bits per heavy atom. The van der Waals surface area contributed by atoms with Crippen molar-refractivity contribution in [2.45, 2.75) is 26.5 Å². The van der Waals surface area contributed by atoms with Gasteiger partial charge in [-0.25, -0.2) is 18.8 Å². The first-order valence-electron chi connectivity index (χ1n) is 13.4. The quantitative estimate of drug-likeness (QED) is 0.258. The van der Waals surface area contributed by atoms with Crippen LogP contribution in [0, 0.1) is 11.6 Å². The van der Waals surface area contributed by atoms with Gasteiger partial charge in [0.25, 0.3) is 0 Å². The number of hydrogen-bond donors (Lipinski definition) is 1. The molecule has 3 heterocycles. The van der Waals surface area contributed by atoms with Crippen LogP contribution in [0.1, 0.15) is 42.1 Å². The molecule has 2 aliphatic rings. The van der Waals surface area contributed by atoms with Gasteiger partial charge in [0.05, 0.1) is 30.1 Å². The van der Waals surface area contributed by atoms with Crippen molar-refractivity contribution in [1.29, 1.82) is 0 Å². The van der Waals surface area contributed by atoms with Crippen molar-refractivity contribution in [2.75, 3.05) is 32.8 Å². The van der Waals surface area contributed by atoms with Gasteiger partial charge in [-0.3, -0.25) is 4.90 Å². The lowest BCUT2D eigenvalue weighted by atomic mass is 9.92. The summed E-state index contributed by atoms with van der Waals surface area (Å²) in [5.41, 5.74) is 11.1. The van der Waals surface area contributed by atoms with Crippen LogP contribution in [0.4, 0.5) is 14.7 Å². The number of amidine groups is 1. The maximum Gasteiger partial charge on any atom is 0.232 e. The van der Waals surface area contributed by atoms with Crippen molar-refractivity contribution >= 4 is 34.5 Å². The summed E-state index contributed by atoms with van der Waals surface area (Å²) in [7, 11) is 0. The Balaban J connectivity index is 1.46. The summed E-state index contributed by atoms with van der Waals surface area (Å²) in [5, 5.41) is 0. The van der Waals surface area contributed by atoms with Crippen LogP contribution < -0.4 is 10.5 Å². The number of hydrogen-bond acceptors (Lipinski definition) is 5. The summed E-state index contributed by atoms with van der Waals surface area (Å²) in [6.45, 7) is 8.00. The first-order chi connectivity index (χ1) is 19.4. The lowest BCUT2D eigenvalue weighted by Gasteiger charge is -2.30. The van der Waals surface area contributed by atoms with Crippen LogP contribution in [-0.4, -0.2) is 53.1 Å². The minimum absolute atomic E-state index is 0.0140. The number of morpholine rings is 1. The number of ether oxygens (including phenoxy) is 2. The van der Waals surface area contributed by atoms with Crippen LogP contribution in [0.25, 0.3) is 22.7 Å². The summed E-state index contributed by atoms with van der Waals surface area (Å²) >= 11 is 0. The number of imidazole rings is 1. The van der Waals surface area contributed by atoms with Crippen molar-refractivity contribution in [3.8, 4) is 5.75 Å². The van der Waals surface area contributed by atoms with E-state index in [4.69, 9.17) is 20.2 Å². The van der Waals surface area contributed by atoms with Gasteiger partial charge in [-0.15, -0.1) is 0 Å². The van der Waals surface area contributed by atoms with Gasteiger partial charge in [0.15, 0.2) is 0 Å². The van der Waals surface area contributed by atoms with Crippen molar-refractivity contribution in [3.05, 3.63) is 88.5 Å². The van der Waals surface area contributed by atoms with Gasteiger partial charge >= 0.3 is 0 Å². The van der Waals surface area contributed by atoms with Crippen LogP contribution in [0.3, 0.4) is 0 Å². The van der Waals surface area contributed by atoms with Crippen molar-refractivity contribution < 1.29 is 18.3 Å². The summed E-state index contributed by atoms with van der Waals surface area (Å²) in [4.78, 5) is 11.8. The number of aliphatic imine (C=N–C) groups is 1. The molecule has 0 spiro atoms. The second kappa shape index (κ2) is 10.8. The molecule has 9 heteroatoms. The van der Waals surface area contributed by atoms with Gasteiger partial charge in [-0.05, 0) is 67.0 Å². The Morgan fingerprint density at radius 3 is 2.73 bits per heavy atom. The van der Waals surface area contributed by atoms with Crippen molar-refractivity contribution in [3.63, 3.8) is 0 Å². The number of halogens is 2. The molecule has 4 aromatic rings. The Bertz CT molecular complexity index is 1630. The van der Waals surface area contributed by atoms with E-state index in [0.717, 1.165) is 55.0 Å². The van der Waals surface area contributed by atoms with E-state index in [1.54, 1.807) is 19.1 Å². The Labute approximate surface area is 231 Å². The molecule has 0 aliphatic carbocycles. The molecule has 40 heavy (non-hydrogen) atoms. The Hall–Kier alpha value is -4.08. The highest BCUT2D eigenvalue weighted by molar-refractivity contribution is 5.96. The molecule has 6 rings (SSSR count). The van der Waals surface area contributed by atoms with Crippen LogP contribution in [-0.2, 0) is 11.3 Å². The third kappa shape index (κ3) is 5.10. The summed E-state index contributed by atoms with van der Waals surface area (Å²) in [6.07, 6.45) is 1.97. The van der Waals surface area contributed by atoms with Crippen LogP contribution in [0.15, 0.2) is 59.6 Å². The predicted octanol–water partition coefficient (Wildman–Crippen LogP) is 5.70. The zero-order valence-corrected chi connectivity index (χ0v) is 22.5. The van der Waals surface area contributed by atoms with Crippen LogP contribution in [0.5, 0.6) is 5.75 Å². The number of aromatic nitrogens is 2. The Morgan fingerprint density at radius 1 is 1.10 bits per heavy atom. The lowest BCUT2D eigenvalue weighted by molar-refractivity contribution is 0.0328. The molecule has 0 saturated carbocycles. The molecule has 0 amide bonds. The molecule has 0 bridgehead atoms. The molecule has 1 fully saturated rings. The fraction of sp³-hybridized carbons (Fsp3) is 0.290. The Kier molecular flexibility index (Phi) is 7.08. The second-order valence-electron chi connectivity index (χ2n) is 10.3. The van der Waals surface area contributed by atoms with E-state index >= 15 is 0 Å². The lowest BCUT2D eigenvalue weighted by Crippen LogP contribution is -2.39. The average Bonchev–Trinajstić information content (AvgIpc) is 3.20. The number of nitrogens with two attached hydrogens (primary N) is 1. The minimum atomic E-state index is -0.411. The van der Waals surface area contributed by atoms with Gasteiger partial charge in [-0.1, -0.05) is 18.2 Å². The summed E-state index contributed by atoms with van der Waals surface area (Å²) < 4.78 is 42.4. The molecular formula is C31H31F2N5O2. The number of rotatable bonds is 5. The van der Waals surface area contributed by atoms with Crippen molar-refractivity contribution in [1.82, 2.24) is 14.5 Å². The molecule has 7 nitrogen and oxygen atoms in total. The van der Waals surface area contributed by atoms with E-state index in [2.05, 4.69) is 21.4 Å². The normalized spacial score (nSPS) is 17.8. The standard InChI is InChI=1S/C31H31F2N5O2/c1-19(17-37-10-12-39-13-11-37)38-29-9-6-21(15-28(29)36-31(38)35-20(2)34)14-25-23-4-3-5-27(33)26(23)18-40-30-16-22(32)7-8-24(25)30/h3-9,14-16,19H,10-13,17-18H2,1-2H3,(H2,34,35,36)/b25-14+/t19-/m1/s1. The molecule has 1 atom stereocenters. The molecular weight excluding hydrogens is 512 g/mol. The molecule has 1 saturated heterocycles. The maximum absolute atomic E-state index is 14.8. The monoisotopic (exact) mass is 543 g/mol. The molecule has 2 aliphatic heterocycles. The molecule has 0 radical (unpaired) electrons. The van der Waals surface area contributed by atoms with E-state index in [1.165, 1.54) is 18.2 Å². The number of benzene rings is 3. The van der Waals surface area contributed by atoms with E-state index in [0.29, 0.717) is 34.2 Å². The van der Waals surface area contributed by atoms with E-state index < -0.39 is 5.82 Å². The van der Waals surface area contributed by atoms with Gasteiger partial charge in [0.1, 0.15) is 24.0 Å². The number of nitrogens with zero attached hydrogens (tertiary/aromatic N) is 4. The molecule has 0 unspecified atom stereocenters. The smallest absolute Gasteiger partial charge is 0.232 e. The highest BCUT2D eigenvalue weighted by Crippen LogP contribution is 2.39. The fourth-order valence-corrected chi connectivity index (χ4v) is 5.52. The third-order valence-electron chi connectivity index (χ3n) is 7.36. The molecule has 2 N–H and O–H groups in total. The van der Waals surface area contributed by atoms with E-state index in [-0.39, 0.29) is 18.5 Å². The average molecular weight is 544 g/mol. The van der Waals surface area contributed by atoms with Crippen molar-refractivity contribution in [2.24, 2.45) is 10.7 Å². The first-order valence-corrected chi connectivity index (χ1v) is 13.4. The zero-order chi connectivity index (χ0) is 27.8. The fourth-order valence-electron chi connectivity index (χ4n) is 5.52. The maximum atomic E-state index is 14.8. The topological polar surface area (TPSA) is 77.9 Å². The van der Waals surface area contributed by atoms with Crippen LogP contribution >= 0.6 is 0 Å².